The summed E-state index contributed by atoms with van der Waals surface area (Å²) < 4.78 is 18.6. The average Bonchev–Trinajstić information content (AvgIpc) is 2.94. The zero-order valence-electron chi connectivity index (χ0n) is 12.6. The topological polar surface area (TPSA) is 58.3 Å². The van der Waals surface area contributed by atoms with E-state index in [0.29, 0.717) is 0 Å². The third-order valence-electron chi connectivity index (χ3n) is 3.16. The third-order valence-corrected chi connectivity index (χ3v) is 4.20. The lowest BCUT2D eigenvalue weighted by molar-refractivity contribution is 0.386. The van der Waals surface area contributed by atoms with E-state index in [9.17, 15) is 9.65 Å². The zero-order valence-corrected chi connectivity index (χ0v) is 13.4. The Kier molecular flexibility index (Phi) is 5.23. The van der Waals surface area contributed by atoms with E-state index in [1.165, 1.54) is 24.5 Å². The van der Waals surface area contributed by atoms with Crippen molar-refractivity contribution in [2.24, 2.45) is 4.99 Å². The molecular formula is C16H16FN3OS. The summed E-state index contributed by atoms with van der Waals surface area (Å²) in [6.07, 6.45) is 1.57. The van der Waals surface area contributed by atoms with Gasteiger partial charge in [0.05, 0.1) is 19.2 Å². The number of halogens is 1. The normalized spacial score (nSPS) is 13.8. The van der Waals surface area contributed by atoms with Crippen LogP contribution in [0.15, 0.2) is 28.6 Å². The molecule has 0 unspecified atom stereocenters. The number of hydrogen-bond donors (Lipinski definition) is 0. The molecule has 4 nitrogen and oxygen atoms in total. The first-order valence-corrected chi connectivity index (χ1v) is 7.61. The fraction of sp³-hybridized carbons (Fsp3) is 0.312. The highest BCUT2D eigenvalue weighted by Gasteiger charge is 2.13. The molecule has 0 N–H and O–H groups in total. The Morgan fingerprint density at radius 2 is 2.27 bits per heavy atom. The number of ether oxygens (including phenoxy) is 1. The quantitative estimate of drug-likeness (QED) is 0.782. The first-order chi connectivity index (χ1) is 10.5. The maximum absolute atomic E-state index is 13.7. The highest BCUT2D eigenvalue weighted by Crippen LogP contribution is 2.24. The number of nitriles is 1. The number of benzene rings is 1. The van der Waals surface area contributed by atoms with E-state index >= 15 is 0 Å². The van der Waals surface area contributed by atoms with Gasteiger partial charge in [-0.15, -0.1) is 11.3 Å². The fourth-order valence-corrected chi connectivity index (χ4v) is 2.71. The molecule has 0 saturated heterocycles. The average molecular weight is 317 g/mol. The van der Waals surface area contributed by atoms with Gasteiger partial charge in [0, 0.05) is 17.3 Å². The smallest absolute Gasteiger partial charge is 0.165 e. The van der Waals surface area contributed by atoms with Gasteiger partial charge in [-0.1, -0.05) is 6.07 Å². The van der Waals surface area contributed by atoms with Crippen LogP contribution in [0, 0.1) is 24.1 Å². The monoisotopic (exact) mass is 317 g/mol. The Balaban J connectivity index is 2.14. The highest BCUT2D eigenvalue weighted by molar-refractivity contribution is 7.09. The highest BCUT2D eigenvalue weighted by atomic mass is 32.1. The lowest BCUT2D eigenvalue weighted by Gasteiger charge is -2.09. The summed E-state index contributed by atoms with van der Waals surface area (Å²) in [5.41, 5.74) is 1.61. The van der Waals surface area contributed by atoms with Crippen molar-refractivity contribution in [1.82, 2.24) is 4.98 Å². The van der Waals surface area contributed by atoms with Crippen LogP contribution in [0.25, 0.3) is 0 Å². The van der Waals surface area contributed by atoms with Crippen LogP contribution >= 0.6 is 11.3 Å². The van der Waals surface area contributed by atoms with Crippen molar-refractivity contribution in [2.45, 2.75) is 25.8 Å². The summed E-state index contributed by atoms with van der Waals surface area (Å²) in [4.78, 5) is 8.66. The molecule has 2 aromatic rings. The molecule has 22 heavy (non-hydrogen) atoms. The molecule has 1 aromatic heterocycles. The van der Waals surface area contributed by atoms with E-state index in [0.717, 1.165) is 16.3 Å². The van der Waals surface area contributed by atoms with E-state index in [1.807, 2.05) is 19.2 Å². The molecular weight excluding hydrogens is 301 g/mol. The van der Waals surface area contributed by atoms with E-state index in [4.69, 9.17) is 4.74 Å². The van der Waals surface area contributed by atoms with Gasteiger partial charge in [0.25, 0.3) is 0 Å². The summed E-state index contributed by atoms with van der Waals surface area (Å²) in [5.74, 6) is -0.702. The SMILES string of the molecule is COc1ccc([C@H](C)N=C[C@H](C#N)c2nc(C)cs2)cc1F. The van der Waals surface area contributed by atoms with Crippen LogP contribution in [0.3, 0.4) is 0 Å². The van der Waals surface area contributed by atoms with E-state index in [1.54, 1.807) is 18.3 Å². The second-order valence-electron chi connectivity index (χ2n) is 4.80. The lowest BCUT2D eigenvalue weighted by Crippen LogP contribution is -2.00. The number of rotatable bonds is 5. The van der Waals surface area contributed by atoms with Gasteiger partial charge in [0.2, 0.25) is 0 Å². The van der Waals surface area contributed by atoms with Crippen LogP contribution in [0.5, 0.6) is 5.75 Å². The number of nitrogens with zero attached hydrogens (tertiary/aromatic N) is 3. The molecule has 0 radical (unpaired) electrons. The predicted molar refractivity (Wildman–Crippen MR) is 85.1 cm³/mol. The van der Waals surface area contributed by atoms with Gasteiger partial charge in [0.15, 0.2) is 11.6 Å². The molecule has 114 valence electrons. The van der Waals surface area contributed by atoms with Crippen LogP contribution in [0.1, 0.15) is 35.1 Å². The minimum Gasteiger partial charge on any atom is -0.494 e. The molecule has 0 aliphatic rings. The maximum atomic E-state index is 13.7. The van der Waals surface area contributed by atoms with Crippen molar-refractivity contribution in [3.63, 3.8) is 0 Å². The third kappa shape index (κ3) is 3.68. The van der Waals surface area contributed by atoms with Gasteiger partial charge in [-0.05, 0) is 31.5 Å². The Bertz CT molecular complexity index is 720. The molecule has 0 saturated carbocycles. The van der Waals surface area contributed by atoms with Gasteiger partial charge in [-0.25, -0.2) is 9.37 Å². The standard InChI is InChI=1S/C16H16FN3OS/c1-10-9-22-16(20-10)13(7-18)8-19-11(2)12-4-5-15(21-3)14(17)6-12/h4-6,8-9,11,13H,1-3H3/t11-,13-/m0/s1. The molecule has 1 aromatic carbocycles. The van der Waals surface area contributed by atoms with Crippen LogP contribution in [0.4, 0.5) is 4.39 Å². The summed E-state index contributed by atoms with van der Waals surface area (Å²) in [7, 11) is 1.42. The summed E-state index contributed by atoms with van der Waals surface area (Å²) in [5, 5.41) is 11.9. The van der Waals surface area contributed by atoms with E-state index < -0.39 is 11.7 Å². The number of methoxy groups -OCH3 is 1. The van der Waals surface area contributed by atoms with Crippen LogP contribution < -0.4 is 4.74 Å². The molecule has 2 atom stereocenters. The minimum absolute atomic E-state index is 0.202. The number of thiazole rings is 1. The van der Waals surface area contributed by atoms with Crippen molar-refractivity contribution in [3.05, 3.63) is 45.7 Å². The van der Waals surface area contributed by atoms with Crippen molar-refractivity contribution in [2.75, 3.05) is 7.11 Å². The molecule has 0 spiro atoms. The lowest BCUT2D eigenvalue weighted by atomic mass is 10.1. The number of hydrogen-bond acceptors (Lipinski definition) is 5. The summed E-state index contributed by atoms with van der Waals surface area (Å²) >= 11 is 1.44. The molecule has 0 amide bonds. The first kappa shape index (κ1) is 16.1. The minimum atomic E-state index is -0.482. The molecule has 0 bridgehead atoms. The fourth-order valence-electron chi connectivity index (χ4n) is 1.91. The van der Waals surface area contributed by atoms with E-state index in [-0.39, 0.29) is 11.8 Å². The number of aromatic nitrogens is 1. The number of aryl methyl sites for hydroxylation is 1. The largest absolute Gasteiger partial charge is 0.494 e. The summed E-state index contributed by atoms with van der Waals surface area (Å²) in [6.45, 7) is 3.73. The Hall–Kier alpha value is -2.26. The molecule has 2 rings (SSSR count). The zero-order chi connectivity index (χ0) is 16.1. The molecule has 6 heteroatoms. The molecule has 0 aliphatic heterocycles. The van der Waals surface area contributed by atoms with Crippen LogP contribution in [0.2, 0.25) is 0 Å². The summed E-state index contributed by atoms with van der Waals surface area (Å²) in [6, 6.07) is 6.65. The Morgan fingerprint density at radius 3 is 2.82 bits per heavy atom. The van der Waals surface area contributed by atoms with Crippen LogP contribution in [-0.4, -0.2) is 18.3 Å². The van der Waals surface area contributed by atoms with Crippen molar-refractivity contribution in [3.8, 4) is 11.8 Å². The molecule has 0 fully saturated rings. The Labute approximate surface area is 132 Å². The Morgan fingerprint density at radius 1 is 1.50 bits per heavy atom. The molecule has 1 heterocycles. The van der Waals surface area contributed by atoms with Crippen molar-refractivity contribution < 1.29 is 9.13 Å². The predicted octanol–water partition coefficient (Wildman–Crippen LogP) is 4.04. The van der Waals surface area contributed by atoms with Gasteiger partial charge in [0.1, 0.15) is 10.9 Å². The second kappa shape index (κ2) is 7.14. The van der Waals surface area contributed by atoms with Gasteiger partial charge < -0.3 is 4.74 Å². The molecule has 0 aliphatic carbocycles. The van der Waals surface area contributed by atoms with Crippen LogP contribution in [-0.2, 0) is 0 Å². The van der Waals surface area contributed by atoms with Crippen molar-refractivity contribution in [1.29, 1.82) is 5.26 Å². The van der Waals surface area contributed by atoms with E-state index in [2.05, 4.69) is 16.0 Å². The first-order valence-electron chi connectivity index (χ1n) is 6.73. The van der Waals surface area contributed by atoms with Crippen molar-refractivity contribution >= 4 is 17.6 Å². The van der Waals surface area contributed by atoms with Gasteiger partial charge in [-0.2, -0.15) is 5.26 Å². The van der Waals surface area contributed by atoms with Gasteiger partial charge in [-0.3, -0.25) is 4.99 Å². The number of aliphatic imine (C=N–C) groups is 1. The maximum Gasteiger partial charge on any atom is 0.165 e. The second-order valence-corrected chi connectivity index (χ2v) is 5.69. The van der Waals surface area contributed by atoms with Gasteiger partial charge >= 0.3 is 0 Å².